The number of nitrogens with zero attached hydrogens (tertiary/aromatic N) is 4. The molecular formula is C24H22Cl2N6O4. The van der Waals surface area contributed by atoms with E-state index in [1.54, 1.807) is 31.3 Å². The zero-order chi connectivity index (χ0) is 25.9. The molecule has 0 aliphatic carbocycles. The lowest BCUT2D eigenvalue weighted by atomic mass is 10.0. The van der Waals surface area contributed by atoms with Gasteiger partial charge in [-0.3, -0.25) is 24.6 Å². The maximum atomic E-state index is 13.9. The first-order chi connectivity index (χ1) is 17.1. The molecule has 2 aliphatic heterocycles. The molecule has 3 aromatic rings. The molecule has 0 bridgehead atoms. The van der Waals surface area contributed by atoms with Crippen LogP contribution in [-0.2, 0) is 11.8 Å². The van der Waals surface area contributed by atoms with E-state index in [1.165, 1.54) is 21.7 Å². The molecule has 186 valence electrons. The predicted octanol–water partition coefficient (Wildman–Crippen LogP) is 3.14. The fourth-order valence-electron chi connectivity index (χ4n) is 4.79. The number of aryl methyl sites for hydroxylation is 1. The Morgan fingerprint density at radius 2 is 1.75 bits per heavy atom. The van der Waals surface area contributed by atoms with Gasteiger partial charge in [-0.25, -0.2) is 9.78 Å². The molecule has 1 fully saturated rings. The molecule has 0 radical (unpaired) electrons. The SMILES string of the molecule is CC(C)n1c(C2CNC(=O)NC2=O)nc2c1[C@H](c1ccc(Cl)cc1)N(c1cc(Cl)cn(C)c1=O)C2=O. The minimum absolute atomic E-state index is 0.0473. The quantitative estimate of drug-likeness (QED) is 0.539. The number of carbonyl (C=O) groups is 3. The minimum atomic E-state index is -0.790. The van der Waals surface area contributed by atoms with Gasteiger partial charge in [-0.15, -0.1) is 0 Å². The highest BCUT2D eigenvalue weighted by molar-refractivity contribution is 6.31. The summed E-state index contributed by atoms with van der Waals surface area (Å²) in [5.74, 6) is -1.43. The smallest absolute Gasteiger partial charge is 0.321 e. The molecule has 12 heteroatoms. The Kier molecular flexibility index (Phi) is 5.88. The molecule has 0 spiro atoms. The van der Waals surface area contributed by atoms with E-state index >= 15 is 0 Å². The Morgan fingerprint density at radius 3 is 2.39 bits per heavy atom. The van der Waals surface area contributed by atoms with Crippen molar-refractivity contribution in [1.82, 2.24) is 24.8 Å². The average Bonchev–Trinajstić information content (AvgIpc) is 3.32. The number of nitrogens with one attached hydrogen (secondary N) is 2. The number of carbonyl (C=O) groups excluding carboxylic acids is 3. The fourth-order valence-corrected chi connectivity index (χ4v) is 5.17. The molecule has 2 aromatic heterocycles. The molecule has 10 nitrogen and oxygen atoms in total. The molecule has 2 aliphatic rings. The molecule has 2 N–H and O–H groups in total. The van der Waals surface area contributed by atoms with Crippen molar-refractivity contribution in [2.24, 2.45) is 7.05 Å². The lowest BCUT2D eigenvalue weighted by Gasteiger charge is -2.30. The van der Waals surface area contributed by atoms with E-state index < -0.39 is 35.4 Å². The first kappa shape index (κ1) is 24.1. The Balaban J connectivity index is 1.76. The van der Waals surface area contributed by atoms with Crippen LogP contribution in [0.4, 0.5) is 10.5 Å². The van der Waals surface area contributed by atoms with Crippen molar-refractivity contribution in [1.29, 1.82) is 0 Å². The van der Waals surface area contributed by atoms with E-state index in [0.29, 0.717) is 27.1 Å². The van der Waals surface area contributed by atoms with Crippen molar-refractivity contribution in [3.05, 3.63) is 79.7 Å². The van der Waals surface area contributed by atoms with Gasteiger partial charge < -0.3 is 14.5 Å². The number of hydrogen-bond donors (Lipinski definition) is 2. The molecule has 5 rings (SSSR count). The van der Waals surface area contributed by atoms with Crippen LogP contribution in [-0.4, -0.2) is 38.5 Å². The summed E-state index contributed by atoms with van der Waals surface area (Å²) in [6.07, 6.45) is 1.47. The van der Waals surface area contributed by atoms with E-state index in [0.717, 1.165) is 0 Å². The average molecular weight is 529 g/mol. The molecule has 1 saturated heterocycles. The third-order valence-corrected chi connectivity index (χ3v) is 6.80. The van der Waals surface area contributed by atoms with Gasteiger partial charge in [0.1, 0.15) is 23.5 Å². The summed E-state index contributed by atoms with van der Waals surface area (Å²) in [7, 11) is 1.56. The van der Waals surface area contributed by atoms with Crippen molar-refractivity contribution in [3.8, 4) is 0 Å². The van der Waals surface area contributed by atoms with Crippen molar-refractivity contribution in [2.45, 2.75) is 31.8 Å². The van der Waals surface area contributed by atoms with E-state index in [9.17, 15) is 19.2 Å². The first-order valence-corrected chi connectivity index (χ1v) is 12.0. The van der Waals surface area contributed by atoms with E-state index in [-0.39, 0.29) is 24.0 Å². The van der Waals surface area contributed by atoms with Crippen LogP contribution in [0.15, 0.2) is 41.3 Å². The summed E-state index contributed by atoms with van der Waals surface area (Å²) in [4.78, 5) is 57.4. The molecule has 4 heterocycles. The van der Waals surface area contributed by atoms with Gasteiger partial charge in [0, 0.05) is 30.9 Å². The summed E-state index contributed by atoms with van der Waals surface area (Å²) in [5, 5.41) is 5.68. The second-order valence-electron chi connectivity index (χ2n) is 9.01. The predicted molar refractivity (Wildman–Crippen MR) is 134 cm³/mol. The number of halogens is 2. The summed E-state index contributed by atoms with van der Waals surface area (Å²) in [6, 6.07) is 6.91. The summed E-state index contributed by atoms with van der Waals surface area (Å²) in [5.41, 5.74) is 1.07. The normalized spacial score (nSPS) is 19.5. The van der Waals surface area contributed by atoms with Crippen LogP contribution in [0.25, 0.3) is 0 Å². The maximum absolute atomic E-state index is 13.9. The van der Waals surface area contributed by atoms with Crippen LogP contribution in [0.5, 0.6) is 0 Å². The summed E-state index contributed by atoms with van der Waals surface area (Å²) < 4.78 is 3.15. The van der Waals surface area contributed by atoms with Crippen LogP contribution < -0.4 is 21.1 Å². The monoisotopic (exact) mass is 528 g/mol. The molecular weight excluding hydrogens is 507 g/mol. The molecule has 1 aromatic carbocycles. The van der Waals surface area contributed by atoms with Crippen LogP contribution in [0.3, 0.4) is 0 Å². The highest BCUT2D eigenvalue weighted by Gasteiger charge is 2.47. The highest BCUT2D eigenvalue weighted by Crippen LogP contribution is 2.43. The number of amides is 4. The number of pyridine rings is 1. The zero-order valence-electron chi connectivity index (χ0n) is 19.6. The second kappa shape index (κ2) is 8.79. The molecule has 0 saturated carbocycles. The number of imide groups is 1. The largest absolute Gasteiger partial charge is 0.337 e. The Labute approximate surface area is 215 Å². The van der Waals surface area contributed by atoms with Crippen molar-refractivity contribution in [2.75, 3.05) is 11.4 Å². The highest BCUT2D eigenvalue weighted by atomic mass is 35.5. The lowest BCUT2D eigenvalue weighted by Crippen LogP contribution is -2.51. The van der Waals surface area contributed by atoms with Crippen molar-refractivity contribution < 1.29 is 14.4 Å². The number of urea groups is 1. The standard InChI is InChI=1S/C24H22Cl2N6O4/c1-11(2)31-19-17(28-20(31)15-9-27-24(36)29-21(15)33)23(35)32(16-8-14(26)10-30(3)22(16)34)18(19)12-4-6-13(25)7-5-12/h4-8,10-11,15,18H,9H2,1-3H3,(H2,27,29,33,36)/t15?,18-/m0/s1. The third kappa shape index (κ3) is 3.77. The van der Waals surface area contributed by atoms with E-state index in [1.807, 2.05) is 18.4 Å². The van der Waals surface area contributed by atoms with Crippen molar-refractivity contribution >= 4 is 46.7 Å². The van der Waals surface area contributed by atoms with Crippen LogP contribution in [0.1, 0.15) is 59.4 Å². The molecule has 2 atom stereocenters. The summed E-state index contributed by atoms with van der Waals surface area (Å²) in [6.45, 7) is 3.87. The van der Waals surface area contributed by atoms with E-state index in [2.05, 4.69) is 15.6 Å². The maximum Gasteiger partial charge on any atom is 0.321 e. The van der Waals surface area contributed by atoms with Gasteiger partial charge in [0.15, 0.2) is 5.69 Å². The van der Waals surface area contributed by atoms with Gasteiger partial charge in [0.2, 0.25) is 5.91 Å². The van der Waals surface area contributed by atoms with Gasteiger partial charge in [0.25, 0.3) is 11.5 Å². The zero-order valence-corrected chi connectivity index (χ0v) is 21.1. The van der Waals surface area contributed by atoms with Crippen molar-refractivity contribution in [3.63, 3.8) is 0 Å². The van der Waals surface area contributed by atoms with Crippen LogP contribution >= 0.6 is 23.2 Å². The number of hydrogen-bond acceptors (Lipinski definition) is 5. The Hall–Kier alpha value is -3.63. The third-order valence-electron chi connectivity index (χ3n) is 6.34. The molecule has 1 unspecified atom stereocenters. The fraction of sp³-hybridized carbons (Fsp3) is 0.292. The van der Waals surface area contributed by atoms with Gasteiger partial charge in [-0.2, -0.15) is 0 Å². The first-order valence-electron chi connectivity index (χ1n) is 11.2. The number of imidazole rings is 1. The Morgan fingerprint density at radius 1 is 1.06 bits per heavy atom. The minimum Gasteiger partial charge on any atom is -0.337 e. The molecule has 36 heavy (non-hydrogen) atoms. The van der Waals surface area contributed by atoms with Gasteiger partial charge >= 0.3 is 6.03 Å². The van der Waals surface area contributed by atoms with Gasteiger partial charge in [-0.1, -0.05) is 35.3 Å². The lowest BCUT2D eigenvalue weighted by molar-refractivity contribution is -0.122. The number of anilines is 1. The van der Waals surface area contributed by atoms with Gasteiger partial charge in [-0.05, 0) is 37.6 Å². The summed E-state index contributed by atoms with van der Waals surface area (Å²) >= 11 is 12.4. The second-order valence-corrected chi connectivity index (χ2v) is 9.88. The van der Waals surface area contributed by atoms with E-state index in [4.69, 9.17) is 23.2 Å². The van der Waals surface area contributed by atoms with Crippen LogP contribution in [0, 0.1) is 0 Å². The number of aromatic nitrogens is 3. The van der Waals surface area contributed by atoms with Gasteiger partial charge in [0.05, 0.1) is 10.7 Å². The molecule has 4 amide bonds. The number of benzene rings is 1. The topological polar surface area (TPSA) is 118 Å². The number of rotatable bonds is 4. The van der Waals surface area contributed by atoms with Crippen LogP contribution in [0.2, 0.25) is 10.0 Å². The number of fused-ring (bicyclic) bond motifs is 1. The Bertz CT molecular complexity index is 1480.